The Morgan fingerprint density at radius 3 is 1.01 bits per heavy atom. The van der Waals surface area contributed by atoms with E-state index in [0.717, 1.165) is 194 Å². The summed E-state index contributed by atoms with van der Waals surface area (Å²) in [6.07, 6.45) is 0. The van der Waals surface area contributed by atoms with Gasteiger partial charge in [-0.05, 0) is 164 Å². The first-order valence-corrected chi connectivity index (χ1v) is 46.7. The second-order valence-corrected chi connectivity index (χ2v) is 36.7. The Bertz CT molecular complexity index is 9280. The molecule has 0 fully saturated rings. The van der Waals surface area contributed by atoms with E-state index in [9.17, 15) is 0 Å². The highest BCUT2D eigenvalue weighted by molar-refractivity contribution is 6.22. The van der Waals surface area contributed by atoms with Gasteiger partial charge in [0.05, 0.1) is 49.8 Å². The van der Waals surface area contributed by atoms with Crippen molar-refractivity contribution < 1.29 is 8.83 Å². The van der Waals surface area contributed by atoms with E-state index in [-0.39, 0.29) is 10.8 Å². The van der Waals surface area contributed by atoms with Crippen LogP contribution in [-0.4, -0.2) is 43.6 Å². The number of rotatable bonds is 11. The Hall–Kier alpha value is -17.8. The maximum Gasteiger partial charge on any atom is 0.162 e. The molecule has 28 rings (SSSR count). The largest absolute Gasteiger partial charge is 0.456 e. The first-order chi connectivity index (χ1) is 67.5. The van der Waals surface area contributed by atoms with Crippen LogP contribution in [0.15, 0.2) is 452 Å². The zero-order valence-corrected chi connectivity index (χ0v) is 75.5. The summed E-state index contributed by atoms with van der Waals surface area (Å²) in [5.41, 5.74) is 36.4. The van der Waals surface area contributed by atoms with Crippen molar-refractivity contribution in [1.29, 1.82) is 0 Å². The SMILES string of the molecule is CC1(C)c2ccccc2-c2ccc(-c3nc(-c4ccc5c(c4)C(C)(C)c4ccccc4-5)c4c5ccccc5n(-c5ccccc5)c4n3)cc21.c1ccc(-c2cc(-c3ccccc3)cc(-n3c4ccccc4c4c(-c5ccccc5)nc(-c5ccccc5)nc43)c2)cc1.c1ccc(-n2c3ccccc3c3c(-c4cccc5oc6ccccc6c45)nc(-c4cccc5oc6ccccc6c45)nc32)cc1. The quantitative estimate of drug-likeness (QED) is 0.126. The van der Waals surface area contributed by atoms with Gasteiger partial charge in [-0.25, -0.2) is 29.9 Å². The maximum absolute atomic E-state index is 6.34. The molecule has 137 heavy (non-hydrogen) atoms. The zero-order chi connectivity index (χ0) is 91.1. The van der Waals surface area contributed by atoms with E-state index in [1.54, 1.807) is 0 Å². The summed E-state index contributed by atoms with van der Waals surface area (Å²) in [5, 5.41) is 10.6. The van der Waals surface area contributed by atoms with Crippen molar-refractivity contribution in [2.45, 2.75) is 38.5 Å². The summed E-state index contributed by atoms with van der Waals surface area (Å²) in [5.74, 6) is 2.08. The Balaban J connectivity index is 0.000000107. The molecule has 0 saturated carbocycles. The van der Waals surface area contributed by atoms with Gasteiger partial charge in [0.15, 0.2) is 17.5 Å². The molecule has 0 aliphatic heterocycles. The van der Waals surface area contributed by atoms with E-state index >= 15 is 0 Å². The van der Waals surface area contributed by atoms with Gasteiger partial charge in [-0.3, -0.25) is 13.7 Å². The third-order valence-electron chi connectivity index (χ3n) is 28.0. The number of hydrogen-bond acceptors (Lipinski definition) is 8. The third kappa shape index (κ3) is 13.1. The number of hydrogen-bond donors (Lipinski definition) is 0. The Kier molecular flexibility index (Phi) is 18.7. The van der Waals surface area contributed by atoms with E-state index in [4.69, 9.17) is 38.7 Å². The standard InChI is InChI=1S/C46H35N3.C40H23N3O2.C40H27N3/c1-45(2)36-19-11-8-16-31(36)33-24-22-28(26-38(33)45)42-41-35-18-10-13-21-40(35)49(30-14-6-5-7-15-30)44(41)48-43(47-42)29-23-25-34-32-17-9-12-20-37(32)46(3,4)39(34)27-29;1-2-12-24(13-3-1)43-30-19-7-4-14-25(30)37-38(28-17-10-22-33-35(28)26-15-5-8-20-31(26)44-33)41-39(42-40(37)43)29-18-11-23-34-36(29)27-16-6-9-21-32(27)45-34;1-5-15-28(16-6-1)32-25-33(29-17-7-2-8-18-29)27-34(26-32)43-36-24-14-13-23-35(36)37-38(30-19-9-3-10-20-30)41-39(42-40(37)43)31-21-11-4-12-22-31/h5-27H,1-4H3;1-23H;1-27H. The molecule has 0 spiro atoms. The smallest absolute Gasteiger partial charge is 0.162 e. The molecule has 2 aliphatic rings. The molecular weight excluding hydrogens is 1670 g/mol. The summed E-state index contributed by atoms with van der Waals surface area (Å²) < 4.78 is 19.5. The molecule has 8 heterocycles. The molecule has 11 nitrogen and oxygen atoms in total. The van der Waals surface area contributed by atoms with E-state index in [1.807, 2.05) is 84.9 Å². The van der Waals surface area contributed by atoms with Crippen LogP contribution in [0.1, 0.15) is 49.9 Å². The second-order valence-electron chi connectivity index (χ2n) is 36.7. The van der Waals surface area contributed by atoms with Gasteiger partial charge in [-0.15, -0.1) is 0 Å². The van der Waals surface area contributed by atoms with Gasteiger partial charge in [-0.1, -0.05) is 373 Å². The maximum atomic E-state index is 6.34. The van der Waals surface area contributed by atoms with Gasteiger partial charge in [0, 0.05) is 99.0 Å². The molecule has 646 valence electrons. The minimum Gasteiger partial charge on any atom is -0.456 e. The van der Waals surface area contributed by atoms with Gasteiger partial charge < -0.3 is 8.83 Å². The highest BCUT2D eigenvalue weighted by atomic mass is 16.3. The van der Waals surface area contributed by atoms with Gasteiger partial charge in [0.25, 0.3) is 0 Å². The summed E-state index contributed by atoms with van der Waals surface area (Å²) in [6, 6.07) is 156. The van der Waals surface area contributed by atoms with Crippen LogP contribution in [-0.2, 0) is 10.8 Å². The Morgan fingerprint density at radius 1 is 0.190 bits per heavy atom. The third-order valence-corrected chi connectivity index (χ3v) is 28.0. The minimum atomic E-state index is -0.117. The van der Waals surface area contributed by atoms with E-state index in [0.29, 0.717) is 11.6 Å². The van der Waals surface area contributed by atoms with Crippen molar-refractivity contribution in [3.8, 4) is 130 Å². The van der Waals surface area contributed by atoms with E-state index < -0.39 is 0 Å². The first-order valence-electron chi connectivity index (χ1n) is 46.7. The zero-order valence-electron chi connectivity index (χ0n) is 75.5. The van der Waals surface area contributed by atoms with Crippen molar-refractivity contribution in [2.75, 3.05) is 0 Å². The molecule has 0 atom stereocenters. The first kappa shape index (κ1) is 80.1. The summed E-state index contributed by atoms with van der Waals surface area (Å²) in [4.78, 5) is 32.3. The summed E-state index contributed by atoms with van der Waals surface area (Å²) in [7, 11) is 0. The Morgan fingerprint density at radius 2 is 0.518 bits per heavy atom. The topological polar surface area (TPSA) is 118 Å². The lowest BCUT2D eigenvalue weighted by atomic mass is 9.81. The fourth-order valence-electron chi connectivity index (χ4n) is 21.6. The van der Waals surface area contributed by atoms with Gasteiger partial charge in [-0.2, -0.15) is 0 Å². The number of nitrogens with zero attached hydrogens (tertiary/aromatic N) is 9. The van der Waals surface area contributed by atoms with Crippen molar-refractivity contribution in [3.63, 3.8) is 0 Å². The lowest BCUT2D eigenvalue weighted by Crippen LogP contribution is -2.15. The molecule has 0 bridgehead atoms. The molecule has 11 heteroatoms. The van der Waals surface area contributed by atoms with Crippen LogP contribution in [0.4, 0.5) is 0 Å². The number of aromatic nitrogens is 9. The molecule has 2 aliphatic carbocycles. The van der Waals surface area contributed by atoms with Gasteiger partial charge in [0.2, 0.25) is 0 Å². The van der Waals surface area contributed by atoms with Crippen LogP contribution >= 0.6 is 0 Å². The van der Waals surface area contributed by atoms with Gasteiger partial charge in [0.1, 0.15) is 39.3 Å². The molecule has 0 amide bonds. The minimum absolute atomic E-state index is 0.116. The van der Waals surface area contributed by atoms with Crippen molar-refractivity contribution >= 4 is 110 Å². The number of fused-ring (bicyclic) bond motifs is 21. The van der Waals surface area contributed by atoms with Crippen LogP contribution in [0.25, 0.3) is 239 Å². The summed E-state index contributed by atoms with van der Waals surface area (Å²) in [6.45, 7) is 9.34. The fourth-order valence-corrected chi connectivity index (χ4v) is 21.6. The molecule has 18 aromatic carbocycles. The van der Waals surface area contributed by atoms with E-state index in [2.05, 4.69) is 399 Å². The molecule has 0 saturated heterocycles. The molecule has 0 radical (unpaired) electrons. The Labute approximate surface area is 789 Å². The average Bonchev–Trinajstić information content (AvgIpc) is 1.58. The van der Waals surface area contributed by atoms with Crippen LogP contribution in [0.2, 0.25) is 0 Å². The predicted octanol–water partition coefficient (Wildman–Crippen LogP) is 32.5. The van der Waals surface area contributed by atoms with Crippen LogP contribution in [0.5, 0.6) is 0 Å². The summed E-state index contributed by atoms with van der Waals surface area (Å²) >= 11 is 0. The molecule has 0 N–H and O–H groups in total. The number of para-hydroxylation sites is 7. The molecule has 0 unspecified atom stereocenters. The van der Waals surface area contributed by atoms with Crippen LogP contribution in [0, 0.1) is 0 Å². The number of benzene rings is 18. The highest BCUT2D eigenvalue weighted by Crippen LogP contribution is 2.54. The molecule has 8 aromatic heterocycles. The van der Waals surface area contributed by atoms with Crippen molar-refractivity contribution in [2.24, 2.45) is 0 Å². The van der Waals surface area contributed by atoms with Crippen molar-refractivity contribution in [3.05, 3.63) is 465 Å². The normalized spacial score (nSPS) is 12.8. The lowest BCUT2D eigenvalue weighted by Gasteiger charge is -2.22. The lowest BCUT2D eigenvalue weighted by molar-refractivity contribution is 0.660. The highest BCUT2D eigenvalue weighted by Gasteiger charge is 2.39. The fraction of sp³-hybridized carbons (Fsp3) is 0.0476. The number of furan rings is 2. The molecule has 26 aromatic rings. The monoisotopic (exact) mass is 1760 g/mol. The average molecular weight is 1760 g/mol. The predicted molar refractivity (Wildman–Crippen MR) is 562 cm³/mol. The van der Waals surface area contributed by atoms with Gasteiger partial charge >= 0.3 is 0 Å². The van der Waals surface area contributed by atoms with E-state index in [1.165, 1.54) is 55.6 Å². The van der Waals surface area contributed by atoms with Crippen LogP contribution in [0.3, 0.4) is 0 Å². The van der Waals surface area contributed by atoms with Crippen LogP contribution < -0.4 is 0 Å². The second kappa shape index (κ2) is 32.0. The molecular formula is C126H85N9O2. The van der Waals surface area contributed by atoms with Crippen molar-refractivity contribution in [1.82, 2.24) is 43.6 Å².